The minimum atomic E-state index is -1.13. The molecule has 7 nitrogen and oxygen atoms in total. The van der Waals surface area contributed by atoms with Crippen LogP contribution in [0.3, 0.4) is 0 Å². The fraction of sp³-hybridized carbons (Fsp3) is 0.523. The standard InChI is InChI=1S/C44H57N5O2/c1-30-23-32-27-48-29-43(8,9)49-28-33-25-34(41(2,3)4)26-37(42(5,6)7)39(33)51-44(48,49)50-38(32)36(24-30)35-17-11-10-15-31(35)16-12-19-46-21-14-22-47-20-13-18-45-40(46)47/h10-11,15,17,23-28H,12-14,16,18-22,29H2,1-9H3/q+2. The summed E-state index contributed by atoms with van der Waals surface area (Å²) >= 11 is 0. The third kappa shape index (κ3) is 5.85. The van der Waals surface area contributed by atoms with Gasteiger partial charge in [-0.2, -0.15) is 0 Å². The SMILES string of the molecule is Cc1cc2c(c(-c3ccccc3CCCN3CCCN4CCCN=C43)c1)OC13Oc4c(cc(C(C)(C)C)cc4C(C)(C)C)C=[N+]1C(C)(C)C[N+]3=C2. The highest BCUT2D eigenvalue weighted by Gasteiger charge is 2.75. The lowest BCUT2D eigenvalue weighted by Crippen LogP contribution is -2.61. The highest BCUT2D eigenvalue weighted by atomic mass is 16.7. The Bertz CT molecular complexity index is 1990. The first kappa shape index (κ1) is 34.0. The summed E-state index contributed by atoms with van der Waals surface area (Å²) in [4.78, 5) is 9.93. The van der Waals surface area contributed by atoms with E-state index in [4.69, 9.17) is 14.5 Å². The lowest BCUT2D eigenvalue weighted by molar-refractivity contribution is -0.867. The van der Waals surface area contributed by atoms with Crippen molar-refractivity contribution in [3.05, 3.63) is 81.9 Å². The fourth-order valence-electron chi connectivity index (χ4n) is 8.75. The third-order valence-corrected chi connectivity index (χ3v) is 11.4. The molecule has 2 fully saturated rings. The molecule has 3 aromatic carbocycles. The van der Waals surface area contributed by atoms with Crippen molar-refractivity contribution in [2.24, 2.45) is 4.99 Å². The van der Waals surface area contributed by atoms with Crippen molar-refractivity contribution in [1.29, 1.82) is 0 Å². The number of hydrogen-bond acceptors (Lipinski definition) is 5. The van der Waals surface area contributed by atoms with Gasteiger partial charge in [0.2, 0.25) is 12.1 Å². The van der Waals surface area contributed by atoms with E-state index < -0.39 is 6.03 Å². The van der Waals surface area contributed by atoms with Crippen LogP contribution in [0.5, 0.6) is 11.5 Å². The van der Waals surface area contributed by atoms with Crippen molar-refractivity contribution in [1.82, 2.24) is 9.80 Å². The van der Waals surface area contributed by atoms with E-state index in [0.717, 1.165) is 80.3 Å². The maximum absolute atomic E-state index is 7.40. The Morgan fingerprint density at radius 1 is 0.824 bits per heavy atom. The minimum Gasteiger partial charge on any atom is -0.343 e. The summed E-state index contributed by atoms with van der Waals surface area (Å²) in [6, 6.07) is 17.0. The van der Waals surface area contributed by atoms with Crippen molar-refractivity contribution >= 4 is 18.4 Å². The molecule has 0 bridgehead atoms. The van der Waals surface area contributed by atoms with E-state index in [1.54, 1.807) is 0 Å². The molecule has 0 amide bonds. The zero-order valence-corrected chi connectivity index (χ0v) is 32.4. The fourth-order valence-corrected chi connectivity index (χ4v) is 8.75. The molecule has 5 aliphatic heterocycles. The van der Waals surface area contributed by atoms with Crippen LogP contribution < -0.4 is 9.47 Å². The topological polar surface area (TPSA) is 43.3 Å². The molecule has 0 saturated carbocycles. The van der Waals surface area contributed by atoms with Gasteiger partial charge in [0.15, 0.2) is 29.9 Å². The summed E-state index contributed by atoms with van der Waals surface area (Å²) in [5, 5.41) is 0. The number of ether oxygens (including phenoxy) is 2. The lowest BCUT2D eigenvalue weighted by atomic mass is 9.79. The zero-order chi connectivity index (χ0) is 35.9. The molecule has 2 saturated heterocycles. The lowest BCUT2D eigenvalue weighted by Gasteiger charge is -2.41. The summed E-state index contributed by atoms with van der Waals surface area (Å²) < 4.78 is 19.3. The maximum atomic E-state index is 7.40. The predicted octanol–water partition coefficient (Wildman–Crippen LogP) is 7.71. The number of fused-ring (bicyclic) bond motifs is 3. The second-order valence-corrected chi connectivity index (χ2v) is 18.1. The van der Waals surface area contributed by atoms with Crippen LogP contribution >= 0.6 is 0 Å². The number of benzene rings is 3. The Labute approximate surface area is 305 Å². The number of rotatable bonds is 5. The molecule has 5 aliphatic rings. The van der Waals surface area contributed by atoms with Gasteiger partial charge in [-0.05, 0) is 83.9 Å². The molecule has 5 heterocycles. The van der Waals surface area contributed by atoms with Crippen LogP contribution in [-0.4, -0.2) is 88.2 Å². The minimum absolute atomic E-state index is 0.0109. The van der Waals surface area contributed by atoms with Gasteiger partial charge in [-0.25, -0.2) is 0 Å². The molecular formula is C44H57N5O2+2. The van der Waals surface area contributed by atoms with E-state index in [2.05, 4.69) is 142 Å². The molecule has 3 aromatic rings. The average molecular weight is 688 g/mol. The molecule has 1 unspecified atom stereocenters. The number of hydrogen-bond donors (Lipinski definition) is 0. The van der Waals surface area contributed by atoms with Gasteiger partial charge in [0.05, 0.1) is 11.1 Å². The molecule has 8 rings (SSSR count). The molecule has 7 heteroatoms. The Hall–Kier alpha value is -4.13. The van der Waals surface area contributed by atoms with Crippen LogP contribution in [0.2, 0.25) is 0 Å². The molecule has 1 spiro atoms. The van der Waals surface area contributed by atoms with E-state index in [1.807, 2.05) is 0 Å². The molecule has 0 N–H and O–H groups in total. The quantitative estimate of drug-likeness (QED) is 0.258. The first-order valence-electron chi connectivity index (χ1n) is 19.2. The van der Waals surface area contributed by atoms with Crippen molar-refractivity contribution in [2.75, 3.05) is 39.3 Å². The first-order chi connectivity index (χ1) is 24.1. The Morgan fingerprint density at radius 2 is 1.57 bits per heavy atom. The van der Waals surface area contributed by atoms with Crippen LogP contribution in [0.25, 0.3) is 11.1 Å². The van der Waals surface area contributed by atoms with Crippen LogP contribution in [0.1, 0.15) is 108 Å². The molecule has 0 radical (unpaired) electrons. The number of nitrogens with zero attached hydrogens (tertiary/aromatic N) is 5. The van der Waals surface area contributed by atoms with Gasteiger partial charge in [0.25, 0.3) is 0 Å². The van der Waals surface area contributed by atoms with E-state index in [0.29, 0.717) is 0 Å². The highest BCUT2D eigenvalue weighted by Crippen LogP contribution is 2.48. The third-order valence-electron chi connectivity index (χ3n) is 11.4. The Morgan fingerprint density at radius 3 is 2.35 bits per heavy atom. The number of aryl methyl sites for hydroxylation is 2. The summed E-state index contributed by atoms with van der Waals surface area (Å²) in [6.45, 7) is 26.6. The van der Waals surface area contributed by atoms with Gasteiger partial charge in [0.1, 0.15) is 0 Å². The molecule has 268 valence electrons. The smallest absolute Gasteiger partial charge is 0.343 e. The molecule has 51 heavy (non-hydrogen) atoms. The van der Waals surface area contributed by atoms with Gasteiger partial charge in [0, 0.05) is 57.7 Å². The summed E-state index contributed by atoms with van der Waals surface area (Å²) in [5.41, 5.74) is 9.33. The Kier molecular flexibility index (Phi) is 7.97. The molecule has 0 aliphatic carbocycles. The van der Waals surface area contributed by atoms with Crippen LogP contribution in [0.15, 0.2) is 53.5 Å². The maximum Gasteiger partial charge on any atom is 0.704 e. The van der Waals surface area contributed by atoms with Crippen molar-refractivity contribution in [3.63, 3.8) is 0 Å². The van der Waals surface area contributed by atoms with E-state index in [1.165, 1.54) is 46.6 Å². The van der Waals surface area contributed by atoms with Gasteiger partial charge < -0.3 is 19.3 Å². The first-order valence-corrected chi connectivity index (χ1v) is 19.2. The van der Waals surface area contributed by atoms with Crippen LogP contribution in [0.4, 0.5) is 0 Å². The largest absolute Gasteiger partial charge is 0.704 e. The van der Waals surface area contributed by atoms with Crippen molar-refractivity contribution < 1.29 is 18.6 Å². The number of aliphatic imine (C=N–C) groups is 1. The second-order valence-electron chi connectivity index (χ2n) is 18.1. The highest BCUT2D eigenvalue weighted by molar-refractivity contribution is 5.89. The van der Waals surface area contributed by atoms with Gasteiger partial charge in [-0.15, -0.1) is 0 Å². The molecule has 0 aromatic heterocycles. The van der Waals surface area contributed by atoms with Gasteiger partial charge in [-0.3, -0.25) is 4.99 Å². The van der Waals surface area contributed by atoms with Crippen molar-refractivity contribution in [3.8, 4) is 22.6 Å². The number of guanidine groups is 1. The van der Waals surface area contributed by atoms with Gasteiger partial charge >= 0.3 is 6.03 Å². The summed E-state index contributed by atoms with van der Waals surface area (Å²) in [6.07, 6.45) is 9.04. The molecular weight excluding hydrogens is 631 g/mol. The van der Waals surface area contributed by atoms with Gasteiger partial charge in [-0.1, -0.05) is 81.0 Å². The monoisotopic (exact) mass is 687 g/mol. The zero-order valence-electron chi connectivity index (χ0n) is 32.4. The Balaban J connectivity index is 1.18. The van der Waals surface area contributed by atoms with Crippen LogP contribution in [0, 0.1) is 6.92 Å². The van der Waals surface area contributed by atoms with E-state index in [-0.39, 0.29) is 16.4 Å². The normalized spacial score (nSPS) is 21.9. The van der Waals surface area contributed by atoms with E-state index >= 15 is 0 Å². The van der Waals surface area contributed by atoms with Crippen molar-refractivity contribution in [2.45, 2.75) is 110 Å². The predicted molar refractivity (Wildman–Crippen MR) is 207 cm³/mol. The van der Waals surface area contributed by atoms with E-state index in [9.17, 15) is 0 Å². The molecule has 1 atom stereocenters. The van der Waals surface area contributed by atoms with Crippen LogP contribution in [-0.2, 0) is 17.3 Å². The summed E-state index contributed by atoms with van der Waals surface area (Å²) in [5.74, 6) is 3.02. The second kappa shape index (κ2) is 12.0. The summed E-state index contributed by atoms with van der Waals surface area (Å²) in [7, 11) is 0. The average Bonchev–Trinajstić information content (AvgIpc) is 3.29.